The van der Waals surface area contributed by atoms with Crippen LogP contribution in [0, 0.1) is 31.8 Å². The molecule has 5 aromatic carbocycles. The minimum atomic E-state index is -0.868. The van der Waals surface area contributed by atoms with Crippen LogP contribution in [0.25, 0.3) is 26.4 Å². The predicted molar refractivity (Wildman–Crippen MR) is 272 cm³/mol. The summed E-state index contributed by atoms with van der Waals surface area (Å²) in [5, 5.41) is 14.0. The number of carbonyl (C=O) groups excluding carboxylic acids is 4. The third-order valence-electron chi connectivity index (χ3n) is 12.4. The number of ketones is 1. The second-order valence-electron chi connectivity index (χ2n) is 18.4. The van der Waals surface area contributed by atoms with E-state index in [4.69, 9.17) is 28.3 Å². The molecule has 13 nitrogen and oxygen atoms in total. The van der Waals surface area contributed by atoms with E-state index in [1.807, 2.05) is 113 Å². The minimum absolute atomic E-state index is 0.00440. The fraction of sp³-hybridized carbons (Fsp3) is 0.278. The third-order valence-corrected chi connectivity index (χ3v) is 13.8. The zero-order valence-corrected chi connectivity index (χ0v) is 40.6. The van der Waals surface area contributed by atoms with Gasteiger partial charge in [-0.05, 0) is 120 Å². The molecule has 2 N–H and O–H groups in total. The average Bonchev–Trinajstić information content (AvgIpc) is 4.04. The molecule has 0 unspecified atom stereocenters. The summed E-state index contributed by atoms with van der Waals surface area (Å²) >= 11 is 7.31. The highest BCUT2D eigenvalue weighted by Crippen LogP contribution is 2.36. The molecule has 0 bridgehead atoms. The lowest BCUT2D eigenvalue weighted by Gasteiger charge is -2.34. The molecule has 3 atom stereocenters. The highest BCUT2D eigenvalue weighted by molar-refractivity contribution is 7.81. The highest BCUT2D eigenvalue weighted by Gasteiger charge is 2.44. The predicted octanol–water partition coefficient (Wildman–Crippen LogP) is 9.85. The summed E-state index contributed by atoms with van der Waals surface area (Å²) in [5.41, 5.74) is 8.67. The maximum absolute atomic E-state index is 14.2. The summed E-state index contributed by atoms with van der Waals surface area (Å²) in [5.74, 6) is -0.272. The topological polar surface area (TPSA) is 146 Å². The van der Waals surface area contributed by atoms with E-state index in [1.165, 1.54) is 9.80 Å². The first-order valence-corrected chi connectivity index (χ1v) is 23.9. The Bertz CT molecular complexity index is 2940. The lowest BCUT2D eigenvalue weighted by Crippen LogP contribution is -2.50. The number of likely N-dealkylation sites (tertiary alicyclic amines) is 1. The molecule has 8 rings (SSSR count). The Morgan fingerprint density at radius 3 is 2.26 bits per heavy atom. The number of aliphatic hydroxyl groups is 1. The van der Waals surface area contributed by atoms with Gasteiger partial charge >= 0.3 is 0 Å². The Kier molecular flexibility index (Phi) is 14.4. The van der Waals surface area contributed by atoms with Crippen molar-refractivity contribution in [2.75, 3.05) is 29.5 Å². The number of Topliss-reactive ketones (excluding diaryl/α,β-unsaturated/α-hetero) is 1. The quantitative estimate of drug-likeness (QED) is 0.0754. The summed E-state index contributed by atoms with van der Waals surface area (Å²) < 4.78 is 12.1. The Balaban J connectivity index is 0.831. The lowest BCUT2D eigenvalue weighted by molar-refractivity contribution is -0.146. The first kappa shape index (κ1) is 48.2. The average molecular weight is 961 g/mol. The maximum atomic E-state index is 14.2. The molecule has 0 saturated carbocycles. The van der Waals surface area contributed by atoms with E-state index in [-0.39, 0.29) is 62.6 Å². The zero-order valence-electron chi connectivity index (χ0n) is 39.0. The number of thiazole rings is 1. The van der Waals surface area contributed by atoms with Crippen LogP contribution >= 0.6 is 23.6 Å². The molecule has 0 aliphatic carbocycles. The summed E-state index contributed by atoms with van der Waals surface area (Å²) in [6, 6.07) is 34.6. The van der Waals surface area contributed by atoms with Crippen LogP contribution < -0.4 is 24.6 Å². The minimum Gasteiger partial charge on any atom is -0.486 e. The van der Waals surface area contributed by atoms with E-state index in [0.717, 1.165) is 44.1 Å². The molecule has 1 aromatic heterocycles. The number of β-amino-alcohol motifs (C(OH)–C–C–N with tert-alkyl or cyclic N) is 1. The molecule has 2 aliphatic rings. The molecular formula is C54H52N6O7S2. The molecule has 15 heteroatoms. The number of hydrogen-bond donors (Lipinski definition) is 2. The summed E-state index contributed by atoms with van der Waals surface area (Å²) in [6.07, 6.45) is -0.854. The Morgan fingerprint density at radius 2 is 1.59 bits per heavy atom. The van der Waals surface area contributed by atoms with E-state index in [1.54, 1.807) is 58.7 Å². The molecule has 3 amide bonds. The largest absolute Gasteiger partial charge is 0.486 e. The number of rotatable bonds is 15. The third kappa shape index (κ3) is 11.1. The number of benzene rings is 5. The number of aromatic nitrogens is 1. The summed E-state index contributed by atoms with van der Waals surface area (Å²) in [4.78, 5) is 67.9. The van der Waals surface area contributed by atoms with Crippen LogP contribution in [0.4, 0.5) is 17.1 Å². The van der Waals surface area contributed by atoms with Crippen LogP contribution in [0.2, 0.25) is 0 Å². The van der Waals surface area contributed by atoms with Crippen molar-refractivity contribution in [1.82, 2.24) is 15.2 Å². The Morgan fingerprint density at radius 1 is 0.899 bits per heavy atom. The van der Waals surface area contributed by atoms with Crippen LogP contribution in [-0.4, -0.2) is 75.4 Å². The highest BCUT2D eigenvalue weighted by atomic mass is 32.1. The van der Waals surface area contributed by atoms with Gasteiger partial charge < -0.3 is 29.7 Å². The number of thiocarbonyl (C=S) groups is 1. The van der Waals surface area contributed by atoms with Crippen LogP contribution in [0.5, 0.6) is 17.2 Å². The van der Waals surface area contributed by atoms with Crippen molar-refractivity contribution in [1.29, 1.82) is 0 Å². The molecule has 0 spiro atoms. The van der Waals surface area contributed by atoms with Gasteiger partial charge in [0.25, 0.3) is 5.91 Å². The van der Waals surface area contributed by atoms with Crippen molar-refractivity contribution in [3.8, 4) is 38.8 Å². The van der Waals surface area contributed by atoms with Gasteiger partial charge in [-0.1, -0.05) is 75.4 Å². The fourth-order valence-corrected chi connectivity index (χ4v) is 9.74. The van der Waals surface area contributed by atoms with Gasteiger partial charge in [0.2, 0.25) is 11.8 Å². The van der Waals surface area contributed by atoms with Crippen LogP contribution in [-0.2, 0) is 25.7 Å². The van der Waals surface area contributed by atoms with Gasteiger partial charge in [-0.2, -0.15) is 0 Å². The van der Waals surface area contributed by atoms with E-state index in [9.17, 15) is 24.3 Å². The second-order valence-corrected chi connectivity index (χ2v) is 19.6. The van der Waals surface area contributed by atoms with E-state index < -0.39 is 23.5 Å². The maximum Gasteiger partial charge on any atom is 0.253 e. The van der Waals surface area contributed by atoms with Crippen molar-refractivity contribution in [3.05, 3.63) is 149 Å². The second kappa shape index (κ2) is 20.5. The van der Waals surface area contributed by atoms with Gasteiger partial charge in [-0.25, -0.2) is 9.83 Å². The SMILES string of the molecule is [C-]#[N+]c1ccc(N2C(=O)CN(c3ccc(-c4cccc(Oc5ccc(OCC(=O)C[C@H](C(=O)N6C[C@H](O)C[C@H]6C(=O)NCc6ccc(-c7scnc7C)cc6)C(C)(C)C)cc5)c4)cc3)C2=S)cc1C. The molecule has 6 aromatic rings. The number of amides is 3. The first-order valence-electron chi connectivity index (χ1n) is 22.6. The summed E-state index contributed by atoms with van der Waals surface area (Å²) in [7, 11) is 0. The van der Waals surface area contributed by atoms with Gasteiger partial charge in [-0.3, -0.25) is 24.1 Å². The number of aryl methyl sites for hydroxylation is 2. The molecule has 352 valence electrons. The molecule has 2 fully saturated rings. The van der Waals surface area contributed by atoms with Gasteiger partial charge in [0.1, 0.15) is 36.4 Å². The van der Waals surface area contributed by atoms with Crippen molar-refractivity contribution >= 4 is 69.2 Å². The summed E-state index contributed by atoms with van der Waals surface area (Å²) in [6.45, 7) is 16.9. The number of aliphatic hydroxyl groups excluding tert-OH is 1. The van der Waals surface area contributed by atoms with E-state index in [2.05, 4.69) is 15.1 Å². The molecule has 69 heavy (non-hydrogen) atoms. The van der Waals surface area contributed by atoms with Gasteiger partial charge in [0, 0.05) is 37.3 Å². The molecule has 2 aliphatic heterocycles. The van der Waals surface area contributed by atoms with Crippen LogP contribution in [0.3, 0.4) is 0 Å². The number of carbonyl (C=O) groups is 4. The molecule has 0 radical (unpaired) electrons. The molecule has 2 saturated heterocycles. The number of ether oxygens (including phenoxy) is 2. The zero-order chi connectivity index (χ0) is 49.0. The van der Waals surface area contributed by atoms with Crippen molar-refractivity contribution in [2.24, 2.45) is 11.3 Å². The van der Waals surface area contributed by atoms with E-state index in [0.29, 0.717) is 33.7 Å². The standard InChI is InChI=1S/C54H52N6O7S2/c1-33-24-40(18-23-47(33)55-6)60-49(63)30-58(53(60)68)39-16-14-36(15-17-39)38-8-7-9-45(25-38)67-44-21-19-43(20-22-44)66-31-42(62)26-46(54(3,4)5)52(65)59-29-41(61)27-48(59)51(64)56-28-35-10-12-37(13-11-35)50-34(2)57-32-69-50/h7-25,32,41,46,48,61H,26-31H2,1-5H3,(H,56,64)/t41-,46-,48+/m1/s1. The van der Waals surface area contributed by atoms with Crippen LogP contribution in [0.1, 0.15) is 50.4 Å². The normalized spacial score (nSPS) is 16.3. The van der Waals surface area contributed by atoms with Crippen molar-refractivity contribution < 1.29 is 33.8 Å². The van der Waals surface area contributed by atoms with Gasteiger partial charge in [0.15, 0.2) is 16.6 Å². The Labute approximate surface area is 411 Å². The van der Waals surface area contributed by atoms with Crippen molar-refractivity contribution in [3.63, 3.8) is 0 Å². The first-order chi connectivity index (χ1) is 33.1. The van der Waals surface area contributed by atoms with Gasteiger partial charge in [-0.15, -0.1) is 11.3 Å². The number of hydrogen-bond acceptors (Lipinski definition) is 10. The van der Waals surface area contributed by atoms with Crippen LogP contribution in [0.15, 0.2) is 121 Å². The monoisotopic (exact) mass is 960 g/mol. The van der Waals surface area contributed by atoms with Crippen molar-refractivity contribution in [2.45, 2.75) is 66.2 Å². The lowest BCUT2D eigenvalue weighted by atomic mass is 9.77. The number of nitrogens with one attached hydrogen (secondary N) is 1. The van der Waals surface area contributed by atoms with E-state index >= 15 is 0 Å². The molecule has 3 heterocycles. The molecular weight excluding hydrogens is 909 g/mol. The smallest absolute Gasteiger partial charge is 0.253 e. The Hall–Kier alpha value is -7.25. The van der Waals surface area contributed by atoms with Gasteiger partial charge in [0.05, 0.1) is 34.7 Å². The number of anilines is 2. The fourth-order valence-electron chi connectivity index (χ4n) is 8.55. The number of nitrogens with zero attached hydrogens (tertiary/aromatic N) is 5.